The molecule has 1 fully saturated rings. The van der Waals surface area contributed by atoms with Crippen LogP contribution in [0.1, 0.15) is 11.6 Å². The van der Waals surface area contributed by atoms with E-state index in [2.05, 4.69) is 66.0 Å². The second-order valence-electron chi connectivity index (χ2n) is 5.34. The van der Waals surface area contributed by atoms with Crippen molar-refractivity contribution in [1.82, 2.24) is 10.3 Å². The van der Waals surface area contributed by atoms with E-state index in [0.29, 0.717) is 5.92 Å². The Morgan fingerprint density at radius 1 is 0.905 bits per heavy atom. The van der Waals surface area contributed by atoms with Gasteiger partial charge in [-0.2, -0.15) is 0 Å². The third-order valence-corrected chi connectivity index (χ3v) is 4.01. The number of pyridine rings is 1. The fourth-order valence-corrected chi connectivity index (χ4v) is 2.77. The van der Waals surface area contributed by atoms with E-state index in [1.807, 2.05) is 0 Å². The van der Waals surface area contributed by atoms with Gasteiger partial charge in [0.15, 0.2) is 0 Å². The van der Waals surface area contributed by atoms with Crippen LogP contribution in [0.25, 0.3) is 22.0 Å². The molecular formula is C18H17ClN2. The van der Waals surface area contributed by atoms with Crippen molar-refractivity contribution < 1.29 is 0 Å². The second kappa shape index (κ2) is 5.84. The van der Waals surface area contributed by atoms with Crippen molar-refractivity contribution >= 4 is 23.3 Å². The zero-order valence-electron chi connectivity index (χ0n) is 11.6. The zero-order chi connectivity index (χ0) is 13.4. The Labute approximate surface area is 130 Å². The summed E-state index contributed by atoms with van der Waals surface area (Å²) in [6.45, 7) is 2.07. The first-order valence-corrected chi connectivity index (χ1v) is 7.07. The molecule has 0 bridgehead atoms. The summed E-state index contributed by atoms with van der Waals surface area (Å²) < 4.78 is 0. The highest BCUT2D eigenvalue weighted by atomic mass is 35.5. The van der Waals surface area contributed by atoms with Gasteiger partial charge < -0.3 is 5.32 Å². The van der Waals surface area contributed by atoms with Crippen LogP contribution >= 0.6 is 12.4 Å². The van der Waals surface area contributed by atoms with E-state index < -0.39 is 0 Å². The molecule has 106 valence electrons. The number of nitrogens with zero attached hydrogens (tertiary/aromatic N) is 1. The lowest BCUT2D eigenvalue weighted by Gasteiger charge is -2.28. The molecule has 0 spiro atoms. The van der Waals surface area contributed by atoms with Gasteiger partial charge in [-0.1, -0.05) is 48.5 Å². The number of benzene rings is 2. The van der Waals surface area contributed by atoms with E-state index in [0.717, 1.165) is 18.6 Å². The van der Waals surface area contributed by atoms with E-state index in [1.165, 1.54) is 22.2 Å². The SMILES string of the molecule is Cl.c1ccc(-c2cc3ccccc3nc2C2CNC2)cc1. The summed E-state index contributed by atoms with van der Waals surface area (Å²) in [7, 11) is 0. The lowest BCUT2D eigenvalue weighted by atomic mass is 9.90. The molecule has 1 aliphatic rings. The van der Waals surface area contributed by atoms with E-state index >= 15 is 0 Å². The maximum Gasteiger partial charge on any atom is 0.0705 e. The van der Waals surface area contributed by atoms with E-state index in [1.54, 1.807) is 0 Å². The summed E-state index contributed by atoms with van der Waals surface area (Å²) in [6, 6.07) is 21.2. The van der Waals surface area contributed by atoms with Crippen LogP contribution in [0.5, 0.6) is 0 Å². The van der Waals surface area contributed by atoms with Crippen LogP contribution in [0, 0.1) is 0 Å². The number of fused-ring (bicyclic) bond motifs is 1. The van der Waals surface area contributed by atoms with Crippen molar-refractivity contribution in [2.75, 3.05) is 13.1 Å². The first-order chi connectivity index (χ1) is 9.92. The quantitative estimate of drug-likeness (QED) is 0.773. The number of nitrogens with one attached hydrogen (secondary N) is 1. The molecule has 0 atom stereocenters. The maximum absolute atomic E-state index is 4.93. The highest BCUT2D eigenvalue weighted by molar-refractivity contribution is 5.85. The number of rotatable bonds is 2. The largest absolute Gasteiger partial charge is 0.315 e. The van der Waals surface area contributed by atoms with Crippen molar-refractivity contribution in [3.05, 3.63) is 66.4 Å². The van der Waals surface area contributed by atoms with Gasteiger partial charge in [-0.15, -0.1) is 12.4 Å². The molecule has 0 aliphatic carbocycles. The molecule has 0 amide bonds. The number of hydrogen-bond donors (Lipinski definition) is 1. The number of halogens is 1. The average Bonchev–Trinajstić information content (AvgIpc) is 2.46. The summed E-state index contributed by atoms with van der Waals surface area (Å²) in [5, 5.41) is 4.56. The maximum atomic E-state index is 4.93. The molecule has 0 radical (unpaired) electrons. The lowest BCUT2D eigenvalue weighted by molar-refractivity contribution is 0.441. The van der Waals surface area contributed by atoms with Crippen LogP contribution in [-0.2, 0) is 0 Å². The smallest absolute Gasteiger partial charge is 0.0705 e. The van der Waals surface area contributed by atoms with Crippen molar-refractivity contribution in [1.29, 1.82) is 0 Å². The van der Waals surface area contributed by atoms with Gasteiger partial charge in [-0.25, -0.2) is 0 Å². The number of para-hydroxylation sites is 1. The van der Waals surface area contributed by atoms with Gasteiger partial charge in [0.1, 0.15) is 0 Å². The van der Waals surface area contributed by atoms with Gasteiger partial charge in [0, 0.05) is 30.0 Å². The summed E-state index contributed by atoms with van der Waals surface area (Å²) in [5.74, 6) is 0.537. The molecule has 1 saturated heterocycles. The van der Waals surface area contributed by atoms with E-state index in [4.69, 9.17) is 4.98 Å². The minimum absolute atomic E-state index is 0. The van der Waals surface area contributed by atoms with Crippen LogP contribution in [0.3, 0.4) is 0 Å². The summed E-state index contributed by atoms with van der Waals surface area (Å²) in [5.41, 5.74) is 4.85. The Morgan fingerprint density at radius 2 is 1.62 bits per heavy atom. The summed E-state index contributed by atoms with van der Waals surface area (Å²) >= 11 is 0. The van der Waals surface area contributed by atoms with Crippen molar-refractivity contribution in [3.8, 4) is 11.1 Å². The van der Waals surface area contributed by atoms with Crippen LogP contribution < -0.4 is 5.32 Å². The lowest BCUT2D eigenvalue weighted by Crippen LogP contribution is -2.40. The van der Waals surface area contributed by atoms with Crippen molar-refractivity contribution in [2.24, 2.45) is 0 Å². The molecule has 0 unspecified atom stereocenters. The van der Waals surface area contributed by atoms with Crippen LogP contribution in [0.4, 0.5) is 0 Å². The molecule has 2 aromatic carbocycles. The standard InChI is InChI=1S/C18H16N2.ClH/c1-2-6-13(7-3-1)16-10-14-8-4-5-9-17(14)20-18(16)15-11-19-12-15;/h1-10,15,19H,11-12H2;1H. The molecule has 21 heavy (non-hydrogen) atoms. The Bertz CT molecular complexity index is 752. The summed E-state index contributed by atoms with van der Waals surface area (Å²) in [6.07, 6.45) is 0. The molecule has 2 heterocycles. The van der Waals surface area contributed by atoms with Gasteiger partial charge in [0.05, 0.1) is 11.2 Å². The molecular weight excluding hydrogens is 280 g/mol. The number of hydrogen-bond acceptors (Lipinski definition) is 2. The molecule has 0 saturated carbocycles. The fraction of sp³-hybridized carbons (Fsp3) is 0.167. The second-order valence-corrected chi connectivity index (χ2v) is 5.34. The minimum Gasteiger partial charge on any atom is -0.315 e. The first-order valence-electron chi connectivity index (χ1n) is 7.07. The molecule has 1 N–H and O–H groups in total. The van der Waals surface area contributed by atoms with Gasteiger partial charge in [0.2, 0.25) is 0 Å². The topological polar surface area (TPSA) is 24.9 Å². The Hall–Kier alpha value is -1.90. The minimum atomic E-state index is 0. The predicted octanol–water partition coefficient (Wildman–Crippen LogP) is 4.01. The van der Waals surface area contributed by atoms with Crippen LogP contribution in [0.15, 0.2) is 60.7 Å². The fourth-order valence-electron chi connectivity index (χ4n) is 2.77. The molecule has 1 aromatic heterocycles. The Kier molecular flexibility index (Phi) is 3.91. The van der Waals surface area contributed by atoms with Crippen molar-refractivity contribution in [2.45, 2.75) is 5.92 Å². The number of aromatic nitrogens is 1. The molecule has 4 rings (SSSR count). The van der Waals surface area contributed by atoms with Gasteiger partial charge in [0.25, 0.3) is 0 Å². The zero-order valence-corrected chi connectivity index (χ0v) is 12.4. The average molecular weight is 297 g/mol. The normalized spacial score (nSPS) is 14.5. The van der Waals surface area contributed by atoms with Crippen LogP contribution in [0.2, 0.25) is 0 Å². The summed E-state index contributed by atoms with van der Waals surface area (Å²) in [4.78, 5) is 4.93. The van der Waals surface area contributed by atoms with Gasteiger partial charge >= 0.3 is 0 Å². The van der Waals surface area contributed by atoms with Crippen LogP contribution in [-0.4, -0.2) is 18.1 Å². The Morgan fingerprint density at radius 3 is 2.33 bits per heavy atom. The molecule has 3 aromatic rings. The van der Waals surface area contributed by atoms with Crippen molar-refractivity contribution in [3.63, 3.8) is 0 Å². The highest BCUT2D eigenvalue weighted by Gasteiger charge is 2.24. The van der Waals surface area contributed by atoms with E-state index in [-0.39, 0.29) is 12.4 Å². The van der Waals surface area contributed by atoms with E-state index in [9.17, 15) is 0 Å². The monoisotopic (exact) mass is 296 g/mol. The predicted molar refractivity (Wildman–Crippen MR) is 90.0 cm³/mol. The first kappa shape index (κ1) is 14.1. The third-order valence-electron chi connectivity index (χ3n) is 4.01. The highest BCUT2D eigenvalue weighted by Crippen LogP contribution is 2.32. The third kappa shape index (κ3) is 2.53. The van der Waals surface area contributed by atoms with Gasteiger partial charge in [-0.05, 0) is 17.7 Å². The molecule has 2 nitrogen and oxygen atoms in total. The molecule has 1 aliphatic heterocycles. The van der Waals surface area contributed by atoms with Gasteiger partial charge in [-0.3, -0.25) is 4.98 Å². The Balaban J connectivity index is 0.00000132. The molecule has 3 heteroatoms.